The molecule has 0 saturated carbocycles. The predicted molar refractivity (Wildman–Crippen MR) is 65.2 cm³/mol. The molecule has 17 heavy (non-hydrogen) atoms. The monoisotopic (exact) mass is 237 g/mol. The van der Waals surface area contributed by atoms with Crippen molar-refractivity contribution >= 4 is 11.8 Å². The molecule has 0 saturated heterocycles. The van der Waals surface area contributed by atoms with Crippen molar-refractivity contribution in [3.05, 3.63) is 11.8 Å². The smallest absolute Gasteiger partial charge is 0.358 e. The lowest BCUT2D eigenvalue weighted by Crippen LogP contribution is -2.26. The van der Waals surface area contributed by atoms with Gasteiger partial charge in [-0.1, -0.05) is 13.8 Å². The Morgan fingerprint density at radius 1 is 1.71 bits per heavy atom. The van der Waals surface area contributed by atoms with Crippen molar-refractivity contribution in [1.29, 1.82) is 0 Å². The topological polar surface area (TPSA) is 56.2 Å². The molecule has 5 heteroatoms. The van der Waals surface area contributed by atoms with E-state index in [4.69, 9.17) is 4.74 Å². The number of esters is 1. The van der Waals surface area contributed by atoms with Crippen molar-refractivity contribution in [3.8, 4) is 0 Å². The quantitative estimate of drug-likeness (QED) is 0.818. The number of fused-ring (bicyclic) bond motifs is 1. The molecular weight excluding hydrogens is 218 g/mol. The van der Waals surface area contributed by atoms with Crippen LogP contribution in [0.5, 0.6) is 0 Å². The fourth-order valence-corrected chi connectivity index (χ4v) is 2.17. The molecule has 1 unspecified atom stereocenters. The largest absolute Gasteiger partial charge is 0.461 e. The third-order valence-corrected chi connectivity index (χ3v) is 3.05. The molecule has 0 bridgehead atoms. The number of carbonyl (C=O) groups excluding carboxylic acids is 1. The van der Waals surface area contributed by atoms with E-state index in [0.29, 0.717) is 24.3 Å². The van der Waals surface area contributed by atoms with Crippen LogP contribution in [-0.2, 0) is 4.74 Å². The van der Waals surface area contributed by atoms with Crippen LogP contribution in [0.25, 0.3) is 0 Å². The summed E-state index contributed by atoms with van der Waals surface area (Å²) in [4.78, 5) is 11.6. The first-order chi connectivity index (χ1) is 8.13. The minimum atomic E-state index is -0.348. The van der Waals surface area contributed by atoms with Gasteiger partial charge in [-0.15, -0.1) is 0 Å². The van der Waals surface area contributed by atoms with Crippen LogP contribution in [0.15, 0.2) is 6.07 Å². The highest BCUT2D eigenvalue weighted by atomic mass is 16.5. The van der Waals surface area contributed by atoms with Crippen molar-refractivity contribution in [2.45, 2.75) is 33.2 Å². The highest BCUT2D eigenvalue weighted by molar-refractivity contribution is 5.88. The van der Waals surface area contributed by atoms with Gasteiger partial charge in [0, 0.05) is 12.6 Å². The van der Waals surface area contributed by atoms with Crippen molar-refractivity contribution in [2.24, 2.45) is 5.92 Å². The zero-order valence-corrected chi connectivity index (χ0v) is 10.6. The minimum absolute atomic E-state index is 0.348. The molecule has 1 aromatic heterocycles. The number of aromatic nitrogens is 2. The van der Waals surface area contributed by atoms with E-state index in [9.17, 15) is 4.79 Å². The average molecular weight is 237 g/mol. The lowest BCUT2D eigenvalue weighted by Gasteiger charge is -2.28. The van der Waals surface area contributed by atoms with Gasteiger partial charge >= 0.3 is 5.97 Å². The zero-order valence-electron chi connectivity index (χ0n) is 10.6. The van der Waals surface area contributed by atoms with E-state index in [1.807, 2.05) is 4.68 Å². The van der Waals surface area contributed by atoms with E-state index in [1.54, 1.807) is 13.0 Å². The molecule has 0 spiro atoms. The van der Waals surface area contributed by atoms with Crippen LogP contribution in [-0.4, -0.2) is 28.9 Å². The number of rotatable bonds is 3. The highest BCUT2D eigenvalue weighted by Crippen LogP contribution is 2.29. The maximum atomic E-state index is 11.6. The van der Waals surface area contributed by atoms with Gasteiger partial charge in [-0.05, 0) is 19.3 Å². The van der Waals surface area contributed by atoms with Gasteiger partial charge in [-0.25, -0.2) is 9.48 Å². The SMILES string of the molecule is CCOC(=O)c1cc2n(n1)C(C(C)C)CCN2. The Hall–Kier alpha value is -1.52. The Kier molecular flexibility index (Phi) is 3.36. The molecule has 2 rings (SSSR count). The first-order valence-electron chi connectivity index (χ1n) is 6.14. The maximum absolute atomic E-state index is 11.6. The fraction of sp³-hybridized carbons (Fsp3) is 0.667. The van der Waals surface area contributed by atoms with Crippen LogP contribution in [0.1, 0.15) is 43.7 Å². The number of nitrogens with zero attached hydrogens (tertiary/aromatic N) is 2. The molecule has 0 aliphatic carbocycles. The lowest BCUT2D eigenvalue weighted by molar-refractivity contribution is 0.0517. The van der Waals surface area contributed by atoms with Crippen molar-refractivity contribution < 1.29 is 9.53 Å². The summed E-state index contributed by atoms with van der Waals surface area (Å²) in [6, 6.07) is 2.13. The standard InChI is InChI=1S/C12H19N3O2/c1-4-17-12(16)9-7-11-13-6-5-10(8(2)3)15(11)14-9/h7-8,10,13H,4-6H2,1-3H3. The fourth-order valence-electron chi connectivity index (χ4n) is 2.17. The summed E-state index contributed by atoms with van der Waals surface area (Å²) in [6.07, 6.45) is 1.04. The summed E-state index contributed by atoms with van der Waals surface area (Å²) in [5, 5.41) is 7.61. The van der Waals surface area contributed by atoms with Crippen molar-refractivity contribution in [1.82, 2.24) is 9.78 Å². The summed E-state index contributed by atoms with van der Waals surface area (Å²) in [5.41, 5.74) is 0.391. The molecule has 0 aromatic carbocycles. The number of nitrogens with one attached hydrogen (secondary N) is 1. The Morgan fingerprint density at radius 2 is 2.47 bits per heavy atom. The maximum Gasteiger partial charge on any atom is 0.358 e. The average Bonchev–Trinajstić information content (AvgIpc) is 2.72. The summed E-state index contributed by atoms with van der Waals surface area (Å²) in [7, 11) is 0. The zero-order chi connectivity index (χ0) is 12.4. The van der Waals surface area contributed by atoms with E-state index in [1.165, 1.54) is 0 Å². The molecule has 1 atom stereocenters. The van der Waals surface area contributed by atoms with Crippen LogP contribution >= 0.6 is 0 Å². The molecule has 1 N–H and O–H groups in total. The molecule has 1 aliphatic rings. The first-order valence-corrected chi connectivity index (χ1v) is 6.14. The Labute approximate surface area is 101 Å². The molecule has 0 fully saturated rings. The molecule has 1 aliphatic heterocycles. The Bertz CT molecular complexity index is 412. The van der Waals surface area contributed by atoms with Crippen LogP contribution in [0, 0.1) is 5.92 Å². The Balaban J connectivity index is 2.27. The summed E-state index contributed by atoms with van der Waals surface area (Å²) in [5.74, 6) is 1.07. The molecular formula is C12H19N3O2. The normalized spacial score (nSPS) is 18.7. The van der Waals surface area contributed by atoms with Crippen LogP contribution in [0.3, 0.4) is 0 Å². The van der Waals surface area contributed by atoms with E-state index in [-0.39, 0.29) is 5.97 Å². The van der Waals surface area contributed by atoms with Gasteiger partial charge in [0.15, 0.2) is 5.69 Å². The number of hydrogen-bond donors (Lipinski definition) is 1. The van der Waals surface area contributed by atoms with Crippen LogP contribution in [0.4, 0.5) is 5.82 Å². The van der Waals surface area contributed by atoms with Crippen LogP contribution < -0.4 is 5.32 Å². The molecule has 0 radical (unpaired) electrons. The number of carbonyl (C=O) groups is 1. The molecule has 2 heterocycles. The van der Waals surface area contributed by atoms with E-state index < -0.39 is 0 Å². The number of hydrogen-bond acceptors (Lipinski definition) is 4. The molecule has 94 valence electrons. The van der Waals surface area contributed by atoms with Gasteiger partial charge in [-0.3, -0.25) is 0 Å². The second-order valence-corrected chi connectivity index (χ2v) is 4.61. The van der Waals surface area contributed by atoms with Gasteiger partial charge in [0.1, 0.15) is 5.82 Å². The summed E-state index contributed by atoms with van der Waals surface area (Å²) in [6.45, 7) is 7.44. The number of ether oxygens (including phenoxy) is 1. The summed E-state index contributed by atoms with van der Waals surface area (Å²) < 4.78 is 6.88. The van der Waals surface area contributed by atoms with E-state index >= 15 is 0 Å². The molecule has 5 nitrogen and oxygen atoms in total. The van der Waals surface area contributed by atoms with Gasteiger partial charge in [0.05, 0.1) is 12.6 Å². The predicted octanol–water partition coefficient (Wildman–Crippen LogP) is 2.07. The first kappa shape index (κ1) is 12.0. The van der Waals surface area contributed by atoms with E-state index in [0.717, 1.165) is 18.8 Å². The summed E-state index contributed by atoms with van der Waals surface area (Å²) >= 11 is 0. The van der Waals surface area contributed by atoms with E-state index in [2.05, 4.69) is 24.3 Å². The highest BCUT2D eigenvalue weighted by Gasteiger charge is 2.25. The van der Waals surface area contributed by atoms with Crippen molar-refractivity contribution in [2.75, 3.05) is 18.5 Å². The van der Waals surface area contributed by atoms with Gasteiger partial charge < -0.3 is 10.1 Å². The van der Waals surface area contributed by atoms with Gasteiger partial charge in [0.25, 0.3) is 0 Å². The molecule has 1 aromatic rings. The van der Waals surface area contributed by atoms with Gasteiger partial charge in [0.2, 0.25) is 0 Å². The van der Waals surface area contributed by atoms with Gasteiger partial charge in [-0.2, -0.15) is 5.10 Å². The minimum Gasteiger partial charge on any atom is -0.461 e. The third kappa shape index (κ3) is 2.28. The van der Waals surface area contributed by atoms with Crippen molar-refractivity contribution in [3.63, 3.8) is 0 Å². The lowest BCUT2D eigenvalue weighted by atomic mass is 10.00. The molecule has 0 amide bonds. The third-order valence-electron chi connectivity index (χ3n) is 3.05. The van der Waals surface area contributed by atoms with Crippen LogP contribution in [0.2, 0.25) is 0 Å². The second kappa shape index (κ2) is 4.77. The Morgan fingerprint density at radius 3 is 3.12 bits per heavy atom. The number of anilines is 1. The second-order valence-electron chi connectivity index (χ2n) is 4.61.